The first-order chi connectivity index (χ1) is 10.2. The molecule has 0 aliphatic rings. The number of hydrogen-bond donors (Lipinski definition) is 0. The molecule has 5 nitrogen and oxygen atoms in total. The third kappa shape index (κ3) is 6.79. The normalized spacial score (nSPS) is 10.0. The van der Waals surface area contributed by atoms with E-state index in [9.17, 15) is 9.59 Å². The van der Waals surface area contributed by atoms with Gasteiger partial charge in [0.15, 0.2) is 6.61 Å². The molecule has 1 aromatic rings. The maximum Gasteiger partial charge on any atom is 0.307 e. The molecule has 1 rings (SSSR count). The summed E-state index contributed by atoms with van der Waals surface area (Å²) in [6.45, 7) is 3.03. The van der Waals surface area contributed by atoms with E-state index in [4.69, 9.17) is 4.74 Å². The van der Waals surface area contributed by atoms with Crippen LogP contribution in [0.4, 0.5) is 0 Å². The molecule has 0 N–H and O–H groups in total. The zero-order valence-electron chi connectivity index (χ0n) is 12.7. The zero-order valence-corrected chi connectivity index (χ0v) is 12.7. The Morgan fingerprint density at radius 3 is 2.48 bits per heavy atom. The number of esters is 1. The third-order valence-corrected chi connectivity index (χ3v) is 3.05. The molecule has 0 aliphatic carbocycles. The second kappa shape index (κ2) is 9.80. The van der Waals surface area contributed by atoms with Crippen molar-refractivity contribution in [3.8, 4) is 5.75 Å². The number of unbranched alkanes of at least 4 members (excludes halogenated alkanes) is 1. The van der Waals surface area contributed by atoms with Crippen LogP contribution in [0.25, 0.3) is 0 Å². The van der Waals surface area contributed by atoms with E-state index in [1.807, 2.05) is 18.2 Å². The molecule has 0 saturated heterocycles. The highest BCUT2D eigenvalue weighted by Crippen LogP contribution is 2.09. The molecular formula is C16H23NO4. The fourth-order valence-corrected chi connectivity index (χ4v) is 1.79. The van der Waals surface area contributed by atoms with Crippen LogP contribution in [0.3, 0.4) is 0 Å². The molecule has 1 aromatic carbocycles. The Kier molecular flexibility index (Phi) is 7.94. The number of ether oxygens (including phenoxy) is 2. The Labute approximate surface area is 125 Å². The highest BCUT2D eigenvalue weighted by molar-refractivity contribution is 5.78. The maximum atomic E-state index is 12.2. The van der Waals surface area contributed by atoms with Gasteiger partial charge in [0, 0.05) is 13.1 Å². The minimum absolute atomic E-state index is 0.0189. The van der Waals surface area contributed by atoms with E-state index in [0.29, 0.717) is 18.8 Å². The van der Waals surface area contributed by atoms with Crippen molar-refractivity contribution in [1.82, 2.24) is 4.90 Å². The van der Waals surface area contributed by atoms with Crippen LogP contribution in [0.1, 0.15) is 26.2 Å². The highest BCUT2D eigenvalue weighted by Gasteiger charge is 2.15. The van der Waals surface area contributed by atoms with Gasteiger partial charge in [-0.05, 0) is 18.6 Å². The molecule has 0 fully saturated rings. The van der Waals surface area contributed by atoms with Crippen LogP contribution < -0.4 is 4.74 Å². The summed E-state index contributed by atoms with van der Waals surface area (Å²) in [5.74, 6) is 0.235. The molecule has 21 heavy (non-hydrogen) atoms. The van der Waals surface area contributed by atoms with Crippen LogP contribution in [-0.4, -0.2) is 43.6 Å². The van der Waals surface area contributed by atoms with Gasteiger partial charge in [-0.1, -0.05) is 31.5 Å². The van der Waals surface area contributed by atoms with Crippen LogP contribution in [0, 0.1) is 0 Å². The Hall–Kier alpha value is -2.04. The number of carbonyl (C=O) groups excluding carboxylic acids is 2. The van der Waals surface area contributed by atoms with Crippen LogP contribution in [0.5, 0.6) is 5.75 Å². The van der Waals surface area contributed by atoms with Gasteiger partial charge in [0.1, 0.15) is 5.75 Å². The lowest BCUT2D eigenvalue weighted by molar-refractivity contribution is -0.142. The fraction of sp³-hybridized carbons (Fsp3) is 0.500. The molecular weight excluding hydrogens is 270 g/mol. The summed E-state index contributed by atoms with van der Waals surface area (Å²) in [6.07, 6.45) is 2.09. The van der Waals surface area contributed by atoms with Crippen molar-refractivity contribution in [3.63, 3.8) is 0 Å². The van der Waals surface area contributed by atoms with Crippen molar-refractivity contribution in [2.45, 2.75) is 26.2 Å². The number of nitrogens with zero attached hydrogens (tertiary/aromatic N) is 1. The number of para-hydroxylation sites is 1. The predicted octanol–water partition coefficient (Wildman–Crippen LogP) is 2.26. The van der Waals surface area contributed by atoms with Gasteiger partial charge >= 0.3 is 5.97 Å². The standard InChI is InChI=1S/C16H23NO4/c1-3-4-11-17(12-10-16(19)20-2)15(18)13-21-14-8-6-5-7-9-14/h5-9H,3-4,10-13H2,1-2H3. The number of hydrogen-bond acceptors (Lipinski definition) is 4. The van der Waals surface area contributed by atoms with Crippen molar-refractivity contribution in [2.24, 2.45) is 0 Å². The van der Waals surface area contributed by atoms with E-state index in [-0.39, 0.29) is 24.9 Å². The van der Waals surface area contributed by atoms with E-state index in [1.54, 1.807) is 17.0 Å². The fourth-order valence-electron chi connectivity index (χ4n) is 1.79. The first kappa shape index (κ1) is 17.0. The van der Waals surface area contributed by atoms with Crippen LogP contribution in [-0.2, 0) is 14.3 Å². The topological polar surface area (TPSA) is 55.8 Å². The first-order valence-corrected chi connectivity index (χ1v) is 7.19. The molecule has 0 unspecified atom stereocenters. The molecule has 0 aliphatic heterocycles. The van der Waals surface area contributed by atoms with Crippen molar-refractivity contribution in [1.29, 1.82) is 0 Å². The van der Waals surface area contributed by atoms with Crippen molar-refractivity contribution < 1.29 is 19.1 Å². The lowest BCUT2D eigenvalue weighted by Crippen LogP contribution is -2.37. The van der Waals surface area contributed by atoms with Gasteiger partial charge in [0.2, 0.25) is 0 Å². The molecule has 0 aromatic heterocycles. The minimum Gasteiger partial charge on any atom is -0.484 e. The number of methoxy groups -OCH3 is 1. The summed E-state index contributed by atoms with van der Waals surface area (Å²) in [4.78, 5) is 25.0. The van der Waals surface area contributed by atoms with Gasteiger partial charge in [-0.15, -0.1) is 0 Å². The lowest BCUT2D eigenvalue weighted by atomic mass is 10.3. The van der Waals surface area contributed by atoms with E-state index in [2.05, 4.69) is 11.7 Å². The average molecular weight is 293 g/mol. The smallest absolute Gasteiger partial charge is 0.307 e. The number of rotatable bonds is 9. The predicted molar refractivity (Wildman–Crippen MR) is 80.1 cm³/mol. The molecule has 0 bridgehead atoms. The molecule has 0 heterocycles. The SMILES string of the molecule is CCCCN(CCC(=O)OC)C(=O)COc1ccccc1. The summed E-state index contributed by atoms with van der Waals surface area (Å²) < 4.78 is 10.1. The maximum absolute atomic E-state index is 12.2. The van der Waals surface area contributed by atoms with Crippen molar-refractivity contribution in [3.05, 3.63) is 30.3 Å². The van der Waals surface area contributed by atoms with E-state index in [1.165, 1.54) is 7.11 Å². The summed E-state index contributed by atoms with van der Waals surface area (Å²) in [5.41, 5.74) is 0. The minimum atomic E-state index is -0.312. The number of amides is 1. The van der Waals surface area contributed by atoms with Crippen LogP contribution in [0.2, 0.25) is 0 Å². The summed E-state index contributed by atoms with van der Waals surface area (Å²) >= 11 is 0. The van der Waals surface area contributed by atoms with E-state index in [0.717, 1.165) is 12.8 Å². The summed E-state index contributed by atoms with van der Waals surface area (Å²) in [5, 5.41) is 0. The van der Waals surface area contributed by atoms with Gasteiger partial charge in [-0.3, -0.25) is 9.59 Å². The van der Waals surface area contributed by atoms with Gasteiger partial charge in [-0.25, -0.2) is 0 Å². The second-order valence-electron chi connectivity index (χ2n) is 4.66. The largest absolute Gasteiger partial charge is 0.484 e. The van der Waals surface area contributed by atoms with Crippen molar-refractivity contribution in [2.75, 3.05) is 26.8 Å². The Balaban J connectivity index is 2.47. The van der Waals surface area contributed by atoms with Crippen LogP contribution in [0.15, 0.2) is 30.3 Å². The average Bonchev–Trinajstić information content (AvgIpc) is 2.53. The monoisotopic (exact) mass is 293 g/mol. The molecule has 0 radical (unpaired) electrons. The van der Waals surface area contributed by atoms with Gasteiger partial charge in [-0.2, -0.15) is 0 Å². The van der Waals surface area contributed by atoms with E-state index < -0.39 is 0 Å². The van der Waals surface area contributed by atoms with Gasteiger partial charge in [0.05, 0.1) is 13.5 Å². The molecule has 0 atom stereocenters. The second-order valence-corrected chi connectivity index (χ2v) is 4.66. The van der Waals surface area contributed by atoms with E-state index >= 15 is 0 Å². The summed E-state index contributed by atoms with van der Waals surface area (Å²) in [7, 11) is 1.35. The first-order valence-electron chi connectivity index (χ1n) is 7.19. The molecule has 5 heteroatoms. The Morgan fingerprint density at radius 2 is 1.86 bits per heavy atom. The van der Waals surface area contributed by atoms with Gasteiger partial charge < -0.3 is 14.4 Å². The third-order valence-electron chi connectivity index (χ3n) is 3.05. The molecule has 1 amide bonds. The Bertz CT molecular complexity index is 433. The zero-order chi connectivity index (χ0) is 15.5. The lowest BCUT2D eigenvalue weighted by Gasteiger charge is -2.22. The van der Waals surface area contributed by atoms with Crippen LogP contribution >= 0.6 is 0 Å². The summed E-state index contributed by atoms with van der Waals surface area (Å²) in [6, 6.07) is 9.20. The van der Waals surface area contributed by atoms with Crippen molar-refractivity contribution >= 4 is 11.9 Å². The molecule has 0 saturated carbocycles. The number of benzene rings is 1. The number of carbonyl (C=O) groups is 2. The Morgan fingerprint density at radius 1 is 1.14 bits per heavy atom. The molecule has 0 spiro atoms. The highest BCUT2D eigenvalue weighted by atomic mass is 16.5. The quantitative estimate of drug-likeness (QED) is 0.655. The van der Waals surface area contributed by atoms with Gasteiger partial charge in [0.25, 0.3) is 5.91 Å². The molecule has 116 valence electrons.